The highest BCUT2D eigenvalue weighted by atomic mass is 19.3. The number of methoxy groups -OCH3 is 1. The topological polar surface area (TPSA) is 86.6 Å². The number of hydrogen-bond acceptors (Lipinski definition) is 7. The maximum atomic E-state index is 12.4. The van der Waals surface area contributed by atoms with Gasteiger partial charge < -0.3 is 19.7 Å². The Morgan fingerprint density at radius 3 is 2.85 bits per heavy atom. The van der Waals surface area contributed by atoms with E-state index in [1.807, 2.05) is 0 Å². The predicted octanol–water partition coefficient (Wildman–Crippen LogP) is 2.52. The van der Waals surface area contributed by atoms with Gasteiger partial charge in [0, 0.05) is 12.1 Å². The minimum atomic E-state index is -2.92. The highest BCUT2D eigenvalue weighted by Crippen LogP contribution is 2.33. The summed E-state index contributed by atoms with van der Waals surface area (Å²) < 4.78 is 39.6. The van der Waals surface area contributed by atoms with Crippen LogP contribution >= 0.6 is 0 Å². The van der Waals surface area contributed by atoms with Crippen molar-refractivity contribution in [2.45, 2.75) is 26.5 Å². The summed E-state index contributed by atoms with van der Waals surface area (Å²) >= 11 is 0. The van der Waals surface area contributed by atoms with Crippen LogP contribution in [0.15, 0.2) is 22.7 Å². The van der Waals surface area contributed by atoms with Crippen LogP contribution in [0.3, 0.4) is 0 Å². The van der Waals surface area contributed by atoms with Gasteiger partial charge in [-0.15, -0.1) is 0 Å². The third-order valence-electron chi connectivity index (χ3n) is 4.59. The molecule has 3 rings (SSSR count). The van der Waals surface area contributed by atoms with Gasteiger partial charge in [0.2, 0.25) is 11.7 Å². The highest BCUT2D eigenvalue weighted by Gasteiger charge is 2.33. The number of alkyl halides is 2. The monoisotopic (exact) mass is 368 g/mol. The highest BCUT2D eigenvalue weighted by molar-refractivity contribution is 5.60. The van der Waals surface area contributed by atoms with Crippen molar-refractivity contribution in [1.82, 2.24) is 15.0 Å². The average molecular weight is 368 g/mol. The number of likely N-dealkylation sites (tertiary alicyclic amines) is 1. The normalized spacial score (nSPS) is 20.7. The number of aromatic nitrogens is 2. The largest absolute Gasteiger partial charge is 0.493 e. The van der Waals surface area contributed by atoms with Gasteiger partial charge in [0.1, 0.15) is 0 Å². The fraction of sp³-hybridized carbons (Fsp3) is 0.529. The zero-order valence-electron chi connectivity index (χ0n) is 14.7. The molecular formula is C17H22F2N4O3. The first-order valence-corrected chi connectivity index (χ1v) is 8.31. The second-order valence-corrected chi connectivity index (χ2v) is 6.73. The summed E-state index contributed by atoms with van der Waals surface area (Å²) in [7, 11) is 1.38. The lowest BCUT2D eigenvalue weighted by Gasteiger charge is -2.21. The number of ether oxygens (including phenoxy) is 2. The second kappa shape index (κ2) is 7.55. The Hall–Kier alpha value is -2.26. The van der Waals surface area contributed by atoms with Crippen LogP contribution in [0.4, 0.5) is 8.78 Å². The molecule has 0 spiro atoms. The molecule has 1 atom stereocenters. The Kier molecular flexibility index (Phi) is 5.38. The van der Waals surface area contributed by atoms with Crippen molar-refractivity contribution >= 4 is 0 Å². The van der Waals surface area contributed by atoms with Crippen molar-refractivity contribution in [3.8, 4) is 22.9 Å². The van der Waals surface area contributed by atoms with Gasteiger partial charge in [0.25, 0.3) is 0 Å². The summed E-state index contributed by atoms with van der Waals surface area (Å²) in [5.74, 6) is 0.983. The predicted molar refractivity (Wildman–Crippen MR) is 90.0 cm³/mol. The molecule has 26 heavy (non-hydrogen) atoms. The molecule has 7 nitrogen and oxygen atoms in total. The number of halogens is 2. The van der Waals surface area contributed by atoms with Crippen molar-refractivity contribution in [1.29, 1.82) is 0 Å². The lowest BCUT2D eigenvalue weighted by molar-refractivity contribution is -0.0512. The van der Waals surface area contributed by atoms with Crippen LogP contribution in [0.25, 0.3) is 11.4 Å². The smallest absolute Gasteiger partial charge is 0.387 e. The van der Waals surface area contributed by atoms with E-state index in [2.05, 4.69) is 26.7 Å². The van der Waals surface area contributed by atoms with E-state index < -0.39 is 6.61 Å². The molecular weight excluding hydrogens is 346 g/mol. The lowest BCUT2D eigenvalue weighted by atomic mass is 9.90. The zero-order valence-corrected chi connectivity index (χ0v) is 14.7. The van der Waals surface area contributed by atoms with Crippen LogP contribution in [-0.4, -0.2) is 48.4 Å². The molecule has 2 aromatic rings. The van der Waals surface area contributed by atoms with Gasteiger partial charge in [-0.2, -0.15) is 13.8 Å². The molecule has 1 unspecified atom stereocenters. The van der Waals surface area contributed by atoms with Gasteiger partial charge in [0.05, 0.1) is 13.7 Å². The van der Waals surface area contributed by atoms with Crippen molar-refractivity contribution in [3.63, 3.8) is 0 Å². The SMILES string of the molecule is COc1cc(-c2noc(CN3CCC(C)(CN)C3)n2)ccc1OC(F)F. The Labute approximate surface area is 150 Å². The molecule has 2 N–H and O–H groups in total. The van der Waals surface area contributed by atoms with E-state index in [9.17, 15) is 8.78 Å². The van der Waals surface area contributed by atoms with Gasteiger partial charge in [-0.1, -0.05) is 12.1 Å². The number of rotatable bonds is 7. The standard InChI is InChI=1S/C17H22F2N4O3/c1-17(9-20)5-6-23(10-17)8-14-21-15(22-26-14)11-3-4-12(25-16(18)19)13(7-11)24-2/h3-4,7,16H,5-6,8-10,20H2,1-2H3. The fourth-order valence-corrected chi connectivity index (χ4v) is 3.06. The van der Waals surface area contributed by atoms with E-state index in [1.165, 1.54) is 19.2 Å². The van der Waals surface area contributed by atoms with Gasteiger partial charge in [-0.3, -0.25) is 4.90 Å². The Morgan fingerprint density at radius 2 is 2.19 bits per heavy atom. The van der Waals surface area contributed by atoms with Crippen LogP contribution in [0.2, 0.25) is 0 Å². The third-order valence-corrected chi connectivity index (χ3v) is 4.59. The first-order valence-electron chi connectivity index (χ1n) is 8.31. The molecule has 0 bridgehead atoms. The van der Waals surface area contributed by atoms with Crippen LogP contribution in [0, 0.1) is 5.41 Å². The summed E-state index contributed by atoms with van der Waals surface area (Å²) in [6.07, 6.45) is 1.04. The van der Waals surface area contributed by atoms with E-state index in [0.29, 0.717) is 30.4 Å². The van der Waals surface area contributed by atoms with E-state index in [-0.39, 0.29) is 16.9 Å². The third kappa shape index (κ3) is 4.10. The summed E-state index contributed by atoms with van der Waals surface area (Å²) in [5, 5.41) is 3.97. The molecule has 1 aromatic heterocycles. The first-order chi connectivity index (χ1) is 12.4. The molecule has 142 valence electrons. The summed E-state index contributed by atoms with van der Waals surface area (Å²) in [6, 6.07) is 4.51. The first kappa shape index (κ1) is 18.5. The van der Waals surface area contributed by atoms with Crippen LogP contribution in [0.5, 0.6) is 11.5 Å². The van der Waals surface area contributed by atoms with Crippen LogP contribution in [-0.2, 0) is 6.54 Å². The van der Waals surface area contributed by atoms with Gasteiger partial charge in [0.15, 0.2) is 11.5 Å². The van der Waals surface area contributed by atoms with Crippen molar-refractivity contribution in [2.24, 2.45) is 11.1 Å². The maximum Gasteiger partial charge on any atom is 0.387 e. The minimum Gasteiger partial charge on any atom is -0.493 e. The minimum absolute atomic E-state index is 0.0481. The van der Waals surface area contributed by atoms with Gasteiger partial charge in [-0.25, -0.2) is 0 Å². The molecule has 1 fully saturated rings. The molecule has 1 aliphatic rings. The number of nitrogens with two attached hydrogens (primary N) is 1. The maximum absolute atomic E-state index is 12.4. The van der Waals surface area contributed by atoms with Gasteiger partial charge >= 0.3 is 6.61 Å². The number of benzene rings is 1. The summed E-state index contributed by atoms with van der Waals surface area (Å²) in [5.41, 5.74) is 6.54. The van der Waals surface area contributed by atoms with E-state index in [4.69, 9.17) is 15.0 Å². The van der Waals surface area contributed by atoms with E-state index in [1.54, 1.807) is 6.07 Å². The van der Waals surface area contributed by atoms with E-state index >= 15 is 0 Å². The summed E-state index contributed by atoms with van der Waals surface area (Å²) in [4.78, 5) is 6.61. The number of nitrogens with zero attached hydrogens (tertiary/aromatic N) is 3. The molecule has 0 amide bonds. The van der Waals surface area contributed by atoms with Crippen molar-refractivity contribution in [2.75, 3.05) is 26.7 Å². The zero-order chi connectivity index (χ0) is 18.7. The Bertz CT molecular complexity index is 755. The quantitative estimate of drug-likeness (QED) is 0.803. The summed E-state index contributed by atoms with van der Waals surface area (Å²) in [6.45, 7) is 2.25. The molecule has 0 saturated carbocycles. The molecule has 9 heteroatoms. The second-order valence-electron chi connectivity index (χ2n) is 6.73. The van der Waals surface area contributed by atoms with E-state index in [0.717, 1.165) is 19.5 Å². The molecule has 2 heterocycles. The molecule has 1 aliphatic heterocycles. The van der Waals surface area contributed by atoms with Crippen LogP contribution in [0.1, 0.15) is 19.2 Å². The Balaban J connectivity index is 1.71. The molecule has 0 aliphatic carbocycles. The Morgan fingerprint density at radius 1 is 1.38 bits per heavy atom. The fourth-order valence-electron chi connectivity index (χ4n) is 3.06. The van der Waals surface area contributed by atoms with Crippen molar-refractivity contribution in [3.05, 3.63) is 24.1 Å². The molecule has 1 aromatic carbocycles. The average Bonchev–Trinajstić information content (AvgIpc) is 3.22. The van der Waals surface area contributed by atoms with Gasteiger partial charge in [-0.05, 0) is 43.1 Å². The number of hydrogen-bond donors (Lipinski definition) is 1. The lowest BCUT2D eigenvalue weighted by Crippen LogP contribution is -2.31. The molecule has 1 saturated heterocycles. The van der Waals surface area contributed by atoms with Crippen molar-refractivity contribution < 1.29 is 22.8 Å². The molecule has 0 radical (unpaired) electrons. The van der Waals surface area contributed by atoms with Crippen LogP contribution < -0.4 is 15.2 Å².